The van der Waals surface area contributed by atoms with E-state index in [2.05, 4.69) is 10.3 Å². The van der Waals surface area contributed by atoms with Crippen LogP contribution in [0.3, 0.4) is 0 Å². The molecule has 1 aromatic carbocycles. The summed E-state index contributed by atoms with van der Waals surface area (Å²) in [5, 5.41) is 4.02. The van der Waals surface area contributed by atoms with Gasteiger partial charge in [0.2, 0.25) is 0 Å². The van der Waals surface area contributed by atoms with Gasteiger partial charge in [-0.25, -0.2) is 4.98 Å². The highest BCUT2D eigenvalue weighted by molar-refractivity contribution is 5.95. The fraction of sp³-hybridized carbons (Fsp3) is 0.389. The van der Waals surface area contributed by atoms with Crippen LogP contribution in [0.15, 0.2) is 36.4 Å². The van der Waals surface area contributed by atoms with Crippen LogP contribution in [0, 0.1) is 5.92 Å². The SMILES string of the molecule is CC(=O)C1CCCCC1NC(=O)c1ccc2ccccc2n1. The molecule has 2 unspecified atom stereocenters. The number of hydrogen-bond donors (Lipinski definition) is 1. The van der Waals surface area contributed by atoms with E-state index in [-0.39, 0.29) is 23.7 Å². The van der Waals surface area contributed by atoms with E-state index in [1.165, 1.54) is 0 Å². The number of fused-ring (bicyclic) bond motifs is 1. The second-order valence-corrected chi connectivity index (χ2v) is 5.97. The number of ketones is 1. The van der Waals surface area contributed by atoms with Gasteiger partial charge in [-0.05, 0) is 31.9 Å². The number of carbonyl (C=O) groups is 2. The summed E-state index contributed by atoms with van der Waals surface area (Å²) in [5.41, 5.74) is 1.22. The number of benzene rings is 1. The summed E-state index contributed by atoms with van der Waals surface area (Å²) < 4.78 is 0. The number of pyridine rings is 1. The van der Waals surface area contributed by atoms with Crippen LogP contribution in [0.4, 0.5) is 0 Å². The van der Waals surface area contributed by atoms with Crippen molar-refractivity contribution in [1.82, 2.24) is 10.3 Å². The van der Waals surface area contributed by atoms with Crippen molar-refractivity contribution in [3.8, 4) is 0 Å². The Kier molecular flexibility index (Phi) is 4.18. The zero-order valence-electron chi connectivity index (χ0n) is 12.7. The zero-order valence-corrected chi connectivity index (χ0v) is 12.7. The number of para-hydroxylation sites is 1. The van der Waals surface area contributed by atoms with E-state index in [1.807, 2.05) is 30.3 Å². The molecule has 2 atom stereocenters. The Labute approximate surface area is 129 Å². The molecule has 0 aliphatic heterocycles. The third kappa shape index (κ3) is 3.01. The van der Waals surface area contributed by atoms with E-state index < -0.39 is 0 Å². The van der Waals surface area contributed by atoms with Crippen molar-refractivity contribution in [2.45, 2.75) is 38.6 Å². The maximum Gasteiger partial charge on any atom is 0.270 e. The first-order chi connectivity index (χ1) is 10.6. The Morgan fingerprint density at radius 3 is 2.68 bits per heavy atom. The summed E-state index contributed by atoms with van der Waals surface area (Å²) in [5.74, 6) is -0.0847. The van der Waals surface area contributed by atoms with Gasteiger partial charge in [-0.15, -0.1) is 0 Å². The quantitative estimate of drug-likeness (QED) is 0.946. The standard InChI is InChI=1S/C18H20N2O2/c1-12(21)14-7-3-5-9-16(14)20-18(22)17-11-10-13-6-2-4-8-15(13)19-17/h2,4,6,8,10-11,14,16H,3,5,7,9H2,1H3,(H,20,22). The number of rotatable bonds is 3. The molecule has 0 bridgehead atoms. The van der Waals surface area contributed by atoms with Crippen LogP contribution in [-0.4, -0.2) is 22.7 Å². The van der Waals surface area contributed by atoms with Gasteiger partial charge in [0.25, 0.3) is 5.91 Å². The van der Waals surface area contributed by atoms with Gasteiger partial charge < -0.3 is 5.32 Å². The minimum Gasteiger partial charge on any atom is -0.347 e. The molecule has 4 nitrogen and oxygen atoms in total. The third-order valence-corrected chi connectivity index (χ3v) is 4.44. The van der Waals surface area contributed by atoms with Crippen molar-refractivity contribution in [2.24, 2.45) is 5.92 Å². The van der Waals surface area contributed by atoms with Crippen LogP contribution in [0.1, 0.15) is 43.1 Å². The van der Waals surface area contributed by atoms with Crippen LogP contribution in [0.2, 0.25) is 0 Å². The lowest BCUT2D eigenvalue weighted by Crippen LogP contribution is -2.44. The largest absolute Gasteiger partial charge is 0.347 e. The molecule has 3 rings (SSSR count). The second-order valence-electron chi connectivity index (χ2n) is 5.97. The Bertz CT molecular complexity index is 711. The predicted octanol–water partition coefficient (Wildman–Crippen LogP) is 3.11. The van der Waals surface area contributed by atoms with E-state index in [1.54, 1.807) is 13.0 Å². The molecule has 4 heteroatoms. The average Bonchev–Trinajstić information content (AvgIpc) is 2.54. The minimum absolute atomic E-state index is 0.0573. The number of amides is 1. The molecule has 22 heavy (non-hydrogen) atoms. The van der Waals surface area contributed by atoms with Crippen LogP contribution in [0.5, 0.6) is 0 Å². The molecule has 114 valence electrons. The second kappa shape index (κ2) is 6.26. The van der Waals surface area contributed by atoms with Crippen LogP contribution >= 0.6 is 0 Å². The molecule has 1 aromatic heterocycles. The fourth-order valence-corrected chi connectivity index (χ4v) is 3.23. The summed E-state index contributed by atoms with van der Waals surface area (Å²) in [7, 11) is 0. The Hall–Kier alpha value is -2.23. The molecule has 2 aromatic rings. The summed E-state index contributed by atoms with van der Waals surface area (Å²) in [6.45, 7) is 1.61. The van der Waals surface area contributed by atoms with Crippen molar-refractivity contribution in [2.75, 3.05) is 0 Å². The third-order valence-electron chi connectivity index (χ3n) is 4.44. The van der Waals surface area contributed by atoms with E-state index >= 15 is 0 Å². The van der Waals surface area contributed by atoms with Gasteiger partial charge >= 0.3 is 0 Å². The van der Waals surface area contributed by atoms with Gasteiger partial charge in [0.15, 0.2) is 0 Å². The first-order valence-electron chi connectivity index (χ1n) is 7.82. The lowest BCUT2D eigenvalue weighted by molar-refractivity contribution is -0.122. The smallest absolute Gasteiger partial charge is 0.270 e. The van der Waals surface area contributed by atoms with Gasteiger partial charge in [0.1, 0.15) is 11.5 Å². The molecule has 1 amide bonds. The van der Waals surface area contributed by atoms with E-state index in [0.717, 1.165) is 36.6 Å². The molecule has 1 aliphatic rings. The number of nitrogens with one attached hydrogen (secondary N) is 1. The summed E-state index contributed by atoms with van der Waals surface area (Å²) in [6, 6.07) is 11.3. The lowest BCUT2D eigenvalue weighted by atomic mass is 9.82. The molecular weight excluding hydrogens is 276 g/mol. The number of nitrogens with zero attached hydrogens (tertiary/aromatic N) is 1. The van der Waals surface area contributed by atoms with Crippen molar-refractivity contribution >= 4 is 22.6 Å². The molecule has 1 aliphatic carbocycles. The molecular formula is C18H20N2O2. The highest BCUT2D eigenvalue weighted by Gasteiger charge is 2.30. The van der Waals surface area contributed by atoms with Gasteiger partial charge in [-0.2, -0.15) is 0 Å². The van der Waals surface area contributed by atoms with E-state index in [9.17, 15) is 9.59 Å². The molecule has 1 heterocycles. The summed E-state index contributed by atoms with van der Waals surface area (Å²) in [6.07, 6.45) is 3.85. The van der Waals surface area contributed by atoms with Crippen molar-refractivity contribution < 1.29 is 9.59 Å². The topological polar surface area (TPSA) is 59.1 Å². The number of hydrogen-bond acceptors (Lipinski definition) is 3. The highest BCUT2D eigenvalue weighted by Crippen LogP contribution is 2.25. The monoisotopic (exact) mass is 296 g/mol. The summed E-state index contributed by atoms with van der Waals surface area (Å²) in [4.78, 5) is 28.6. The van der Waals surface area contributed by atoms with Crippen LogP contribution in [-0.2, 0) is 4.79 Å². The van der Waals surface area contributed by atoms with Crippen LogP contribution < -0.4 is 5.32 Å². The number of carbonyl (C=O) groups excluding carboxylic acids is 2. The number of aromatic nitrogens is 1. The molecule has 0 radical (unpaired) electrons. The number of Topliss-reactive ketones (excluding diaryl/α,β-unsaturated/α-hetero) is 1. The Balaban J connectivity index is 1.78. The molecule has 1 fully saturated rings. The van der Waals surface area contributed by atoms with E-state index in [0.29, 0.717) is 5.69 Å². The molecule has 1 N–H and O–H groups in total. The van der Waals surface area contributed by atoms with Gasteiger partial charge in [-0.1, -0.05) is 37.1 Å². The zero-order chi connectivity index (χ0) is 15.5. The Morgan fingerprint density at radius 1 is 1.09 bits per heavy atom. The first kappa shape index (κ1) is 14.7. The van der Waals surface area contributed by atoms with Crippen molar-refractivity contribution in [1.29, 1.82) is 0 Å². The van der Waals surface area contributed by atoms with Gasteiger partial charge in [0, 0.05) is 17.3 Å². The van der Waals surface area contributed by atoms with Gasteiger partial charge in [-0.3, -0.25) is 9.59 Å². The Morgan fingerprint density at radius 2 is 1.86 bits per heavy atom. The lowest BCUT2D eigenvalue weighted by Gasteiger charge is -2.30. The first-order valence-corrected chi connectivity index (χ1v) is 7.82. The highest BCUT2D eigenvalue weighted by atomic mass is 16.2. The average molecular weight is 296 g/mol. The van der Waals surface area contributed by atoms with E-state index in [4.69, 9.17) is 0 Å². The maximum absolute atomic E-state index is 12.4. The maximum atomic E-state index is 12.4. The fourth-order valence-electron chi connectivity index (χ4n) is 3.23. The molecule has 1 saturated carbocycles. The summed E-state index contributed by atoms with van der Waals surface area (Å²) >= 11 is 0. The minimum atomic E-state index is -0.191. The predicted molar refractivity (Wildman–Crippen MR) is 85.6 cm³/mol. The van der Waals surface area contributed by atoms with Crippen molar-refractivity contribution in [3.05, 3.63) is 42.1 Å². The normalized spacial score (nSPS) is 21.5. The van der Waals surface area contributed by atoms with Crippen molar-refractivity contribution in [3.63, 3.8) is 0 Å². The molecule has 0 saturated heterocycles. The molecule has 0 spiro atoms. The van der Waals surface area contributed by atoms with Gasteiger partial charge in [0.05, 0.1) is 5.52 Å². The van der Waals surface area contributed by atoms with Crippen LogP contribution in [0.25, 0.3) is 10.9 Å².